The zero-order valence-corrected chi connectivity index (χ0v) is 16.0. The normalized spacial score (nSPS) is 11.5. The maximum absolute atomic E-state index is 10.7. The van der Waals surface area contributed by atoms with Gasteiger partial charge in [0.25, 0.3) is 5.69 Å². The van der Waals surface area contributed by atoms with Gasteiger partial charge >= 0.3 is 0 Å². The molecule has 0 atom stereocenters. The standard InChI is InChI=1S/C21H22N5O2/c1-26(2,3)21-14-10-17(11-15-21)22-16-4-6-18(7-5-16)23-24-19-8-12-20(13-9-19)25(27)28/h4-15,22H,1-3H3/q+1. The number of azo groups is 1. The maximum Gasteiger partial charge on any atom is 0.269 e. The second-order valence-corrected chi connectivity index (χ2v) is 7.20. The van der Waals surface area contributed by atoms with Crippen molar-refractivity contribution >= 4 is 34.1 Å². The summed E-state index contributed by atoms with van der Waals surface area (Å²) in [5.74, 6) is 0. The van der Waals surface area contributed by atoms with Gasteiger partial charge in [-0.15, -0.1) is 0 Å². The van der Waals surface area contributed by atoms with Gasteiger partial charge in [-0.3, -0.25) is 14.6 Å². The Bertz CT molecular complexity index is 973. The SMILES string of the molecule is C[N+](C)(C)c1ccc(Nc2ccc(N=Nc3ccc([N+](=O)[O-])cc3)cc2)cc1. The van der Waals surface area contributed by atoms with Crippen molar-refractivity contribution in [1.29, 1.82) is 0 Å². The lowest BCUT2D eigenvalue weighted by Gasteiger charge is -2.23. The first-order valence-corrected chi connectivity index (χ1v) is 8.77. The molecule has 28 heavy (non-hydrogen) atoms. The molecule has 3 aromatic rings. The number of non-ortho nitro benzene ring substituents is 1. The lowest BCUT2D eigenvalue weighted by atomic mass is 10.2. The first-order valence-electron chi connectivity index (χ1n) is 8.77. The van der Waals surface area contributed by atoms with Crippen LogP contribution in [0.25, 0.3) is 0 Å². The van der Waals surface area contributed by atoms with Crippen LogP contribution in [0, 0.1) is 10.1 Å². The van der Waals surface area contributed by atoms with Gasteiger partial charge < -0.3 is 5.32 Å². The molecular weight excluding hydrogens is 354 g/mol. The maximum atomic E-state index is 10.7. The fraction of sp³-hybridized carbons (Fsp3) is 0.143. The van der Waals surface area contributed by atoms with E-state index in [0.717, 1.165) is 15.9 Å². The van der Waals surface area contributed by atoms with E-state index in [-0.39, 0.29) is 5.69 Å². The molecule has 0 bridgehead atoms. The molecule has 7 heteroatoms. The van der Waals surface area contributed by atoms with E-state index in [9.17, 15) is 10.1 Å². The average molecular weight is 376 g/mol. The molecule has 3 rings (SSSR count). The molecule has 0 fully saturated rings. The molecule has 0 aliphatic rings. The summed E-state index contributed by atoms with van der Waals surface area (Å²) < 4.78 is 0.773. The first kappa shape index (κ1) is 19.2. The predicted molar refractivity (Wildman–Crippen MR) is 113 cm³/mol. The summed E-state index contributed by atoms with van der Waals surface area (Å²) in [6, 6.07) is 21.9. The number of hydrogen-bond donors (Lipinski definition) is 1. The molecule has 1 N–H and O–H groups in total. The smallest absolute Gasteiger partial charge is 0.269 e. The Morgan fingerprint density at radius 1 is 0.750 bits per heavy atom. The van der Waals surface area contributed by atoms with E-state index < -0.39 is 4.92 Å². The van der Waals surface area contributed by atoms with Gasteiger partial charge in [0.15, 0.2) is 0 Å². The van der Waals surface area contributed by atoms with Crippen molar-refractivity contribution in [2.45, 2.75) is 0 Å². The van der Waals surface area contributed by atoms with Crippen LogP contribution >= 0.6 is 0 Å². The summed E-state index contributed by atoms with van der Waals surface area (Å²) in [6.07, 6.45) is 0. The summed E-state index contributed by atoms with van der Waals surface area (Å²) in [4.78, 5) is 10.2. The third kappa shape index (κ3) is 4.99. The Morgan fingerprint density at radius 3 is 1.61 bits per heavy atom. The monoisotopic (exact) mass is 376 g/mol. The average Bonchev–Trinajstić information content (AvgIpc) is 2.67. The van der Waals surface area contributed by atoms with Crippen LogP contribution in [0.1, 0.15) is 0 Å². The highest BCUT2D eigenvalue weighted by Gasteiger charge is 2.11. The minimum Gasteiger partial charge on any atom is -0.356 e. The van der Waals surface area contributed by atoms with Gasteiger partial charge in [0.2, 0.25) is 0 Å². The lowest BCUT2D eigenvalue weighted by Crippen LogP contribution is -2.34. The largest absolute Gasteiger partial charge is 0.356 e. The van der Waals surface area contributed by atoms with Crippen molar-refractivity contribution < 1.29 is 4.92 Å². The van der Waals surface area contributed by atoms with Crippen molar-refractivity contribution in [3.63, 3.8) is 0 Å². The second-order valence-electron chi connectivity index (χ2n) is 7.20. The van der Waals surface area contributed by atoms with Crippen LogP contribution in [0.2, 0.25) is 0 Å². The van der Waals surface area contributed by atoms with E-state index in [2.05, 4.69) is 61.0 Å². The third-order valence-electron chi connectivity index (χ3n) is 4.14. The van der Waals surface area contributed by atoms with Crippen molar-refractivity contribution in [3.05, 3.63) is 82.9 Å². The molecule has 0 heterocycles. The third-order valence-corrected chi connectivity index (χ3v) is 4.14. The number of rotatable bonds is 6. The molecular formula is C21H22N5O2+. The van der Waals surface area contributed by atoms with E-state index in [0.29, 0.717) is 11.4 Å². The zero-order chi connectivity index (χ0) is 20.1. The Labute approximate surface area is 163 Å². The van der Waals surface area contributed by atoms with E-state index in [1.165, 1.54) is 17.8 Å². The van der Waals surface area contributed by atoms with Gasteiger partial charge in [-0.1, -0.05) is 0 Å². The van der Waals surface area contributed by atoms with Gasteiger partial charge in [-0.05, 0) is 48.5 Å². The molecule has 0 spiro atoms. The van der Waals surface area contributed by atoms with Crippen molar-refractivity contribution in [2.75, 3.05) is 26.5 Å². The van der Waals surface area contributed by atoms with E-state index in [1.54, 1.807) is 12.1 Å². The zero-order valence-electron chi connectivity index (χ0n) is 16.0. The molecule has 0 unspecified atom stereocenters. The molecule has 7 nitrogen and oxygen atoms in total. The minimum atomic E-state index is -0.442. The summed E-state index contributed by atoms with van der Waals surface area (Å²) in [6.45, 7) is 0. The van der Waals surface area contributed by atoms with Gasteiger partial charge in [0.1, 0.15) is 5.69 Å². The van der Waals surface area contributed by atoms with Gasteiger partial charge in [0.05, 0.1) is 37.4 Å². The molecule has 0 amide bonds. The number of nitro groups is 1. The van der Waals surface area contributed by atoms with Crippen LogP contribution < -0.4 is 9.80 Å². The Balaban J connectivity index is 1.64. The summed E-state index contributed by atoms with van der Waals surface area (Å²) in [5.41, 5.74) is 4.48. The lowest BCUT2D eigenvalue weighted by molar-refractivity contribution is -0.384. The highest BCUT2D eigenvalue weighted by atomic mass is 16.6. The Kier molecular flexibility index (Phi) is 5.47. The Morgan fingerprint density at radius 2 is 1.18 bits per heavy atom. The topological polar surface area (TPSA) is 79.9 Å². The van der Waals surface area contributed by atoms with Gasteiger partial charge in [-0.25, -0.2) is 0 Å². The molecule has 0 radical (unpaired) electrons. The molecule has 3 aromatic carbocycles. The van der Waals surface area contributed by atoms with E-state index in [1.807, 2.05) is 24.3 Å². The minimum absolute atomic E-state index is 0.0313. The molecule has 142 valence electrons. The second kappa shape index (κ2) is 7.98. The Hall–Kier alpha value is -3.58. The fourth-order valence-corrected chi connectivity index (χ4v) is 2.53. The van der Waals surface area contributed by atoms with Crippen molar-refractivity contribution in [1.82, 2.24) is 4.48 Å². The van der Waals surface area contributed by atoms with Crippen molar-refractivity contribution in [3.8, 4) is 0 Å². The highest BCUT2D eigenvalue weighted by Crippen LogP contribution is 2.25. The molecule has 0 aliphatic heterocycles. The number of quaternary nitrogens is 1. The number of nitro benzene ring substituents is 1. The highest BCUT2D eigenvalue weighted by molar-refractivity contribution is 5.63. The molecule has 0 saturated carbocycles. The first-order chi connectivity index (χ1) is 13.3. The summed E-state index contributed by atoms with van der Waals surface area (Å²) in [7, 11) is 6.39. The van der Waals surface area contributed by atoms with Crippen LogP contribution in [0.15, 0.2) is 83.0 Å². The van der Waals surface area contributed by atoms with Crippen molar-refractivity contribution in [2.24, 2.45) is 10.2 Å². The summed E-state index contributed by atoms with van der Waals surface area (Å²) in [5, 5.41) is 22.3. The van der Waals surface area contributed by atoms with Crippen LogP contribution in [0.3, 0.4) is 0 Å². The molecule has 0 aliphatic carbocycles. The number of hydrogen-bond acceptors (Lipinski definition) is 5. The number of anilines is 2. The number of benzene rings is 3. The van der Waals surface area contributed by atoms with E-state index in [4.69, 9.17) is 0 Å². The number of nitrogens with one attached hydrogen (secondary N) is 1. The molecule has 0 saturated heterocycles. The van der Waals surface area contributed by atoms with Gasteiger partial charge in [0, 0.05) is 35.6 Å². The van der Waals surface area contributed by atoms with E-state index >= 15 is 0 Å². The summed E-state index contributed by atoms with van der Waals surface area (Å²) >= 11 is 0. The van der Waals surface area contributed by atoms with Crippen LogP contribution in [-0.2, 0) is 0 Å². The van der Waals surface area contributed by atoms with Crippen LogP contribution in [0.4, 0.5) is 34.1 Å². The molecule has 0 aromatic heterocycles. The van der Waals surface area contributed by atoms with Crippen LogP contribution in [0.5, 0.6) is 0 Å². The van der Waals surface area contributed by atoms with Crippen LogP contribution in [-0.4, -0.2) is 26.1 Å². The predicted octanol–water partition coefficient (Wildman–Crippen LogP) is 5.95. The number of nitrogens with zero attached hydrogens (tertiary/aromatic N) is 4. The van der Waals surface area contributed by atoms with Gasteiger partial charge in [-0.2, -0.15) is 10.2 Å². The quantitative estimate of drug-likeness (QED) is 0.250. The fourth-order valence-electron chi connectivity index (χ4n) is 2.53.